The summed E-state index contributed by atoms with van der Waals surface area (Å²) in [5, 5.41) is 1.07. The van der Waals surface area contributed by atoms with E-state index in [2.05, 4.69) is 0 Å². The van der Waals surface area contributed by atoms with Gasteiger partial charge in [0.15, 0.2) is 26.5 Å². The molecule has 1 fully saturated rings. The molecule has 0 aliphatic carbocycles. The molecule has 0 aromatic heterocycles. The minimum absolute atomic E-state index is 0.0417. The maximum absolute atomic E-state index is 13.3. The van der Waals surface area contributed by atoms with Crippen LogP contribution in [0.4, 0.5) is 10.1 Å². The third kappa shape index (κ3) is 3.55. The van der Waals surface area contributed by atoms with Crippen LogP contribution in [-0.4, -0.2) is 44.0 Å². The molecule has 10 heteroatoms. The van der Waals surface area contributed by atoms with Gasteiger partial charge < -0.3 is 14.4 Å². The molecule has 3 heterocycles. The van der Waals surface area contributed by atoms with Crippen LogP contribution in [0.25, 0.3) is 0 Å². The molecule has 2 aromatic carbocycles. The minimum atomic E-state index is -3.14. The average Bonchev–Trinajstić information content (AvgIpc) is 3.32. The van der Waals surface area contributed by atoms with E-state index in [1.165, 1.54) is 23.9 Å². The van der Waals surface area contributed by atoms with Gasteiger partial charge in [0.1, 0.15) is 5.82 Å². The smallest absolute Gasteiger partial charge is 0.231 e. The van der Waals surface area contributed by atoms with Crippen molar-refractivity contribution >= 4 is 44.1 Å². The molecule has 3 aliphatic rings. The van der Waals surface area contributed by atoms with Crippen molar-refractivity contribution < 1.29 is 22.3 Å². The number of thioether (sulfide) groups is 1. The molecule has 6 nitrogen and oxygen atoms in total. The fourth-order valence-corrected chi connectivity index (χ4v) is 7.04. The zero-order chi connectivity index (χ0) is 20.2. The first-order chi connectivity index (χ1) is 13.9. The molecule has 5 rings (SSSR count). The number of aliphatic imine (C=N–C) groups is 1. The molecular formula is C19H16ClFN2O4S2. The molecule has 1 saturated heterocycles. The number of sulfone groups is 1. The molecule has 0 unspecified atom stereocenters. The Bertz CT molecular complexity index is 1130. The fraction of sp³-hybridized carbons (Fsp3) is 0.316. The van der Waals surface area contributed by atoms with Crippen molar-refractivity contribution in [3.05, 3.63) is 52.8 Å². The maximum atomic E-state index is 13.3. The van der Waals surface area contributed by atoms with E-state index in [-0.39, 0.29) is 36.2 Å². The number of benzene rings is 2. The summed E-state index contributed by atoms with van der Waals surface area (Å²) in [4.78, 5) is 6.65. The topological polar surface area (TPSA) is 68.2 Å². The van der Waals surface area contributed by atoms with E-state index in [4.69, 9.17) is 26.1 Å². The Morgan fingerprint density at radius 3 is 2.83 bits per heavy atom. The van der Waals surface area contributed by atoms with Crippen LogP contribution in [0.1, 0.15) is 5.56 Å². The number of halogens is 2. The lowest BCUT2D eigenvalue weighted by atomic mass is 10.1. The highest BCUT2D eigenvalue weighted by Gasteiger charge is 2.47. The number of fused-ring (bicyclic) bond motifs is 2. The summed E-state index contributed by atoms with van der Waals surface area (Å²) in [5.74, 6) is 1.48. The van der Waals surface area contributed by atoms with Crippen molar-refractivity contribution in [3.8, 4) is 11.5 Å². The molecule has 0 radical (unpaired) electrons. The van der Waals surface area contributed by atoms with E-state index in [1.807, 2.05) is 23.1 Å². The first kappa shape index (κ1) is 19.0. The second kappa shape index (κ2) is 7.07. The van der Waals surface area contributed by atoms with Gasteiger partial charge in [-0.3, -0.25) is 4.99 Å². The van der Waals surface area contributed by atoms with Gasteiger partial charge >= 0.3 is 0 Å². The second-order valence-electron chi connectivity index (χ2n) is 7.06. The van der Waals surface area contributed by atoms with Crippen LogP contribution in [0.15, 0.2) is 41.4 Å². The van der Waals surface area contributed by atoms with Crippen molar-refractivity contribution in [2.75, 3.05) is 23.2 Å². The van der Waals surface area contributed by atoms with Gasteiger partial charge in [-0.05, 0) is 29.8 Å². The van der Waals surface area contributed by atoms with Crippen molar-refractivity contribution in [2.45, 2.75) is 17.8 Å². The average molecular weight is 455 g/mol. The van der Waals surface area contributed by atoms with E-state index in [0.29, 0.717) is 27.4 Å². The molecule has 2 atom stereocenters. The Morgan fingerprint density at radius 2 is 2.00 bits per heavy atom. The van der Waals surface area contributed by atoms with E-state index >= 15 is 0 Å². The number of nitrogens with zero attached hydrogens (tertiary/aromatic N) is 2. The molecule has 29 heavy (non-hydrogen) atoms. The number of hydrogen-bond acceptors (Lipinski definition) is 7. The van der Waals surface area contributed by atoms with Gasteiger partial charge in [0.25, 0.3) is 0 Å². The summed E-state index contributed by atoms with van der Waals surface area (Å²) >= 11 is 7.60. The largest absolute Gasteiger partial charge is 0.454 e. The summed E-state index contributed by atoms with van der Waals surface area (Å²) in [5.41, 5.74) is 1.59. The van der Waals surface area contributed by atoms with Crippen LogP contribution >= 0.6 is 23.4 Å². The predicted octanol–water partition coefficient (Wildman–Crippen LogP) is 3.48. The second-order valence-corrected chi connectivity index (χ2v) is 10.6. The third-order valence-electron chi connectivity index (χ3n) is 5.11. The van der Waals surface area contributed by atoms with Crippen molar-refractivity contribution in [1.82, 2.24) is 0 Å². The molecule has 2 aromatic rings. The highest BCUT2D eigenvalue weighted by molar-refractivity contribution is 8.13. The van der Waals surface area contributed by atoms with Gasteiger partial charge in [-0.1, -0.05) is 29.4 Å². The lowest BCUT2D eigenvalue weighted by molar-refractivity contribution is 0.174. The number of ether oxygens (including phenoxy) is 2. The highest BCUT2D eigenvalue weighted by atomic mass is 35.5. The summed E-state index contributed by atoms with van der Waals surface area (Å²) in [6.07, 6.45) is 0. The van der Waals surface area contributed by atoms with Gasteiger partial charge in [-0.2, -0.15) is 0 Å². The molecule has 3 aliphatic heterocycles. The van der Waals surface area contributed by atoms with Crippen LogP contribution in [-0.2, 0) is 15.6 Å². The third-order valence-corrected chi connectivity index (χ3v) is 8.18. The van der Waals surface area contributed by atoms with Gasteiger partial charge in [0.2, 0.25) is 6.79 Å². The van der Waals surface area contributed by atoms with Crippen LogP contribution < -0.4 is 14.4 Å². The number of anilines is 1. The molecule has 0 amide bonds. The molecule has 0 bridgehead atoms. The van der Waals surface area contributed by atoms with Crippen molar-refractivity contribution in [1.29, 1.82) is 0 Å². The molecule has 0 saturated carbocycles. The van der Waals surface area contributed by atoms with Gasteiger partial charge in [-0.25, -0.2) is 12.8 Å². The monoisotopic (exact) mass is 454 g/mol. The standard InChI is InChI=1S/C19H16ClFN2O4S2/c20-14-5-12(21)2-1-11(14)7-28-19-22-15-8-29(24,25)9-16(15)23(19)13-3-4-17-18(6-13)27-10-26-17/h1-6,15-16H,7-10H2/t15-,16-/m1/s1. The van der Waals surface area contributed by atoms with E-state index in [0.717, 1.165) is 11.3 Å². The Labute approximate surface area is 176 Å². The van der Waals surface area contributed by atoms with Crippen molar-refractivity contribution in [3.63, 3.8) is 0 Å². The quantitative estimate of drug-likeness (QED) is 0.707. The van der Waals surface area contributed by atoms with E-state index in [9.17, 15) is 12.8 Å². The summed E-state index contributed by atoms with van der Waals surface area (Å²) in [7, 11) is -3.14. The maximum Gasteiger partial charge on any atom is 0.231 e. The first-order valence-corrected chi connectivity index (χ1v) is 12.1. The lowest BCUT2D eigenvalue weighted by Crippen LogP contribution is -2.39. The van der Waals surface area contributed by atoms with Crippen LogP contribution in [0.2, 0.25) is 5.02 Å². The van der Waals surface area contributed by atoms with Gasteiger partial charge in [0, 0.05) is 22.5 Å². The first-order valence-electron chi connectivity index (χ1n) is 8.93. The summed E-state index contributed by atoms with van der Waals surface area (Å²) < 4.78 is 48.5. The number of amidine groups is 1. The zero-order valence-electron chi connectivity index (χ0n) is 15.0. The van der Waals surface area contributed by atoms with E-state index < -0.39 is 9.84 Å². The molecule has 152 valence electrons. The summed E-state index contributed by atoms with van der Waals surface area (Å²) in [6, 6.07) is 9.27. The zero-order valence-corrected chi connectivity index (χ0v) is 17.4. The number of hydrogen-bond donors (Lipinski definition) is 0. The summed E-state index contributed by atoms with van der Waals surface area (Å²) in [6.45, 7) is 0.165. The Morgan fingerprint density at radius 1 is 1.17 bits per heavy atom. The predicted molar refractivity (Wildman–Crippen MR) is 111 cm³/mol. The molecule has 0 spiro atoms. The lowest BCUT2D eigenvalue weighted by Gasteiger charge is -2.26. The molecule has 0 N–H and O–H groups in total. The van der Waals surface area contributed by atoms with Crippen molar-refractivity contribution in [2.24, 2.45) is 4.99 Å². The van der Waals surface area contributed by atoms with Gasteiger partial charge in [0.05, 0.1) is 23.6 Å². The van der Waals surface area contributed by atoms with E-state index in [1.54, 1.807) is 6.07 Å². The highest BCUT2D eigenvalue weighted by Crippen LogP contribution is 2.41. The van der Waals surface area contributed by atoms with Crippen LogP contribution in [0.3, 0.4) is 0 Å². The van der Waals surface area contributed by atoms with Crippen LogP contribution in [0.5, 0.6) is 11.5 Å². The SMILES string of the molecule is O=S1(=O)C[C@@H]2[C@@H](C1)N=C(SCc1ccc(F)cc1Cl)N2c1ccc2c(c1)OCO2. The van der Waals surface area contributed by atoms with Gasteiger partial charge in [-0.15, -0.1) is 0 Å². The van der Waals surface area contributed by atoms with Crippen LogP contribution in [0, 0.1) is 5.82 Å². The Hall–Kier alpha value is -1.97. The fourth-order valence-electron chi connectivity index (χ4n) is 3.75. The normalized spacial score (nSPS) is 23.9. The Kier molecular flexibility index (Phi) is 4.64. The molecular weight excluding hydrogens is 439 g/mol. The Balaban J connectivity index is 1.45. The number of rotatable bonds is 3. The minimum Gasteiger partial charge on any atom is -0.454 e.